The average molecular weight is 287 g/mol. The van der Waals surface area contributed by atoms with Crippen LogP contribution in [0, 0.1) is 18.7 Å². The number of aryl methyl sites for hydroxylation is 1. The summed E-state index contributed by atoms with van der Waals surface area (Å²) in [5, 5.41) is 0. The molecule has 21 heavy (non-hydrogen) atoms. The molecule has 0 radical (unpaired) electrons. The Morgan fingerprint density at radius 2 is 2.05 bits per heavy atom. The summed E-state index contributed by atoms with van der Waals surface area (Å²) in [7, 11) is 0. The summed E-state index contributed by atoms with van der Waals surface area (Å²) in [4.78, 5) is 14.4. The molecule has 2 aliphatic rings. The Labute approximate surface area is 125 Å². The van der Waals surface area contributed by atoms with E-state index < -0.39 is 0 Å². The van der Waals surface area contributed by atoms with E-state index in [2.05, 4.69) is 6.08 Å². The molecule has 1 aliphatic carbocycles. The predicted molar refractivity (Wildman–Crippen MR) is 82.3 cm³/mol. The highest BCUT2D eigenvalue weighted by Gasteiger charge is 2.27. The van der Waals surface area contributed by atoms with Gasteiger partial charge in [-0.25, -0.2) is 4.39 Å². The van der Waals surface area contributed by atoms with Crippen LogP contribution in [0.3, 0.4) is 0 Å². The van der Waals surface area contributed by atoms with Crippen molar-refractivity contribution in [3.63, 3.8) is 0 Å². The lowest BCUT2D eigenvalue weighted by molar-refractivity contribution is -0.134. The lowest BCUT2D eigenvalue weighted by Crippen LogP contribution is -2.34. The van der Waals surface area contributed by atoms with Gasteiger partial charge >= 0.3 is 0 Å². The fraction of sp³-hybridized carbons (Fsp3) is 0.500. The molecule has 3 rings (SSSR count). The summed E-state index contributed by atoms with van der Waals surface area (Å²) in [5.74, 6) is 0.295. The smallest absolute Gasteiger partial charge is 0.226 e. The highest BCUT2D eigenvalue weighted by Crippen LogP contribution is 2.32. The van der Waals surface area contributed by atoms with Crippen molar-refractivity contribution in [1.82, 2.24) is 4.90 Å². The molecule has 112 valence electrons. The minimum absolute atomic E-state index is 0.127. The maximum Gasteiger partial charge on any atom is 0.226 e. The van der Waals surface area contributed by atoms with Crippen LogP contribution in [0.15, 0.2) is 24.3 Å². The van der Waals surface area contributed by atoms with Crippen LogP contribution in [0.5, 0.6) is 0 Å². The molecular formula is C18H22FNO. The van der Waals surface area contributed by atoms with E-state index in [1.807, 2.05) is 17.0 Å². The maximum atomic E-state index is 13.7. The zero-order valence-electron chi connectivity index (χ0n) is 12.6. The third kappa shape index (κ3) is 3.02. The molecule has 1 atom stereocenters. The summed E-state index contributed by atoms with van der Waals surface area (Å²) in [5.41, 5.74) is 2.82. The number of benzene rings is 1. The van der Waals surface area contributed by atoms with Gasteiger partial charge in [0.25, 0.3) is 0 Å². The molecule has 3 heteroatoms. The Kier molecular flexibility index (Phi) is 4.09. The molecule has 1 aromatic carbocycles. The van der Waals surface area contributed by atoms with Crippen molar-refractivity contribution in [3.05, 3.63) is 41.2 Å². The average Bonchev–Trinajstić information content (AvgIpc) is 3.04. The fourth-order valence-electron chi connectivity index (χ4n) is 3.31. The molecule has 1 saturated heterocycles. The standard InChI is InChI=1S/C18H22FNO/c1-13-4-5-16(12-17(13)19)14-6-8-15(9-7-14)18(21)20-10-2-3-11-20/h4-6,12,15H,2-3,7-11H2,1H3. The van der Waals surface area contributed by atoms with Crippen molar-refractivity contribution in [2.75, 3.05) is 13.1 Å². The van der Waals surface area contributed by atoms with E-state index in [0.29, 0.717) is 11.5 Å². The number of allylic oxidation sites excluding steroid dienone is 2. The SMILES string of the molecule is Cc1ccc(C2=CCC(C(=O)N3CCCC3)CC2)cc1F. The Bertz CT molecular complexity index is 573. The number of nitrogens with zero attached hydrogens (tertiary/aromatic N) is 1. The van der Waals surface area contributed by atoms with Crippen LogP contribution in [-0.2, 0) is 4.79 Å². The van der Waals surface area contributed by atoms with Crippen LogP contribution in [0.1, 0.15) is 43.2 Å². The molecule has 1 aliphatic heterocycles. The van der Waals surface area contributed by atoms with Gasteiger partial charge in [0.05, 0.1) is 0 Å². The van der Waals surface area contributed by atoms with Crippen molar-refractivity contribution in [2.24, 2.45) is 5.92 Å². The molecule has 0 spiro atoms. The van der Waals surface area contributed by atoms with E-state index >= 15 is 0 Å². The first-order valence-corrected chi connectivity index (χ1v) is 7.89. The topological polar surface area (TPSA) is 20.3 Å². The first-order valence-electron chi connectivity index (χ1n) is 7.89. The van der Waals surface area contributed by atoms with Crippen molar-refractivity contribution in [2.45, 2.75) is 39.0 Å². The third-order valence-electron chi connectivity index (χ3n) is 4.72. The Hall–Kier alpha value is -1.64. The Morgan fingerprint density at radius 1 is 1.29 bits per heavy atom. The minimum atomic E-state index is -0.149. The van der Waals surface area contributed by atoms with Gasteiger partial charge in [-0.05, 0) is 61.8 Å². The summed E-state index contributed by atoms with van der Waals surface area (Å²) >= 11 is 0. The number of hydrogen-bond donors (Lipinski definition) is 0. The lowest BCUT2D eigenvalue weighted by atomic mass is 9.85. The number of hydrogen-bond acceptors (Lipinski definition) is 1. The quantitative estimate of drug-likeness (QED) is 0.807. The van der Waals surface area contributed by atoms with E-state index in [1.165, 1.54) is 5.57 Å². The molecule has 0 N–H and O–H groups in total. The van der Waals surface area contributed by atoms with Crippen LogP contribution < -0.4 is 0 Å². The summed E-state index contributed by atoms with van der Waals surface area (Å²) in [6.07, 6.45) is 6.96. The van der Waals surface area contributed by atoms with Crippen LogP contribution in [0.4, 0.5) is 4.39 Å². The Balaban J connectivity index is 1.68. The molecule has 1 heterocycles. The molecule has 1 amide bonds. The number of carbonyl (C=O) groups excluding carboxylic acids is 1. The van der Waals surface area contributed by atoms with Gasteiger partial charge in [-0.1, -0.05) is 18.2 Å². The number of rotatable bonds is 2. The second-order valence-electron chi connectivity index (χ2n) is 6.20. The van der Waals surface area contributed by atoms with Gasteiger partial charge < -0.3 is 4.90 Å². The van der Waals surface area contributed by atoms with Crippen molar-refractivity contribution < 1.29 is 9.18 Å². The maximum absolute atomic E-state index is 13.7. The normalized spacial score (nSPS) is 22.3. The molecular weight excluding hydrogens is 265 g/mol. The minimum Gasteiger partial charge on any atom is -0.342 e. The number of carbonyl (C=O) groups is 1. The molecule has 1 fully saturated rings. The van der Waals surface area contributed by atoms with Crippen LogP contribution in [0.25, 0.3) is 5.57 Å². The Morgan fingerprint density at radius 3 is 2.67 bits per heavy atom. The highest BCUT2D eigenvalue weighted by atomic mass is 19.1. The van der Waals surface area contributed by atoms with Crippen LogP contribution in [0.2, 0.25) is 0 Å². The lowest BCUT2D eigenvalue weighted by Gasteiger charge is -2.26. The van der Waals surface area contributed by atoms with Gasteiger partial charge in [-0.2, -0.15) is 0 Å². The van der Waals surface area contributed by atoms with Gasteiger partial charge in [-0.15, -0.1) is 0 Å². The highest BCUT2D eigenvalue weighted by molar-refractivity contribution is 5.81. The molecule has 1 unspecified atom stereocenters. The second-order valence-corrected chi connectivity index (χ2v) is 6.20. The molecule has 1 aromatic rings. The van der Waals surface area contributed by atoms with E-state index in [1.54, 1.807) is 13.0 Å². The molecule has 0 aromatic heterocycles. The summed E-state index contributed by atoms with van der Waals surface area (Å²) in [6, 6.07) is 5.42. The number of halogens is 1. The van der Waals surface area contributed by atoms with E-state index in [-0.39, 0.29) is 11.7 Å². The fourth-order valence-corrected chi connectivity index (χ4v) is 3.31. The largest absolute Gasteiger partial charge is 0.342 e. The van der Waals surface area contributed by atoms with Crippen LogP contribution >= 0.6 is 0 Å². The first-order chi connectivity index (χ1) is 10.1. The zero-order valence-corrected chi connectivity index (χ0v) is 12.6. The van der Waals surface area contributed by atoms with Gasteiger partial charge in [0.1, 0.15) is 5.82 Å². The first kappa shape index (κ1) is 14.3. The third-order valence-corrected chi connectivity index (χ3v) is 4.72. The number of likely N-dealkylation sites (tertiary alicyclic amines) is 1. The summed E-state index contributed by atoms with van der Waals surface area (Å²) < 4.78 is 13.7. The summed E-state index contributed by atoms with van der Waals surface area (Å²) in [6.45, 7) is 3.63. The second kappa shape index (κ2) is 6.00. The van der Waals surface area contributed by atoms with E-state index in [9.17, 15) is 9.18 Å². The van der Waals surface area contributed by atoms with Crippen LogP contribution in [-0.4, -0.2) is 23.9 Å². The molecule has 0 saturated carbocycles. The van der Waals surface area contributed by atoms with Gasteiger partial charge in [0.15, 0.2) is 0 Å². The molecule has 2 nitrogen and oxygen atoms in total. The van der Waals surface area contributed by atoms with Gasteiger partial charge in [0.2, 0.25) is 5.91 Å². The van der Waals surface area contributed by atoms with Crippen molar-refractivity contribution >= 4 is 11.5 Å². The van der Waals surface area contributed by atoms with E-state index in [0.717, 1.165) is 50.8 Å². The van der Waals surface area contributed by atoms with Gasteiger partial charge in [-0.3, -0.25) is 4.79 Å². The predicted octanol–water partition coefficient (Wildman–Crippen LogP) is 3.94. The monoisotopic (exact) mass is 287 g/mol. The number of amides is 1. The van der Waals surface area contributed by atoms with E-state index in [4.69, 9.17) is 0 Å². The van der Waals surface area contributed by atoms with Gasteiger partial charge in [0, 0.05) is 19.0 Å². The zero-order chi connectivity index (χ0) is 14.8. The molecule has 0 bridgehead atoms. The van der Waals surface area contributed by atoms with Crippen molar-refractivity contribution in [1.29, 1.82) is 0 Å². The van der Waals surface area contributed by atoms with Crippen molar-refractivity contribution in [3.8, 4) is 0 Å².